The van der Waals surface area contributed by atoms with Crippen LogP contribution in [0.1, 0.15) is 30.4 Å². The maximum atomic E-state index is 9.95. The number of para-hydroxylation sites is 1. The molecule has 0 aliphatic carbocycles. The minimum Gasteiger partial charge on any atom is -0.507 e. The number of phenols is 1. The number of likely N-dealkylation sites (N-methyl/N-ethyl adjacent to an activating group) is 1. The molecule has 166 valence electrons. The van der Waals surface area contributed by atoms with Crippen molar-refractivity contribution >= 4 is 23.5 Å². The van der Waals surface area contributed by atoms with E-state index in [1.807, 2.05) is 12.1 Å². The first kappa shape index (κ1) is 26.8. The molecule has 30 heavy (non-hydrogen) atoms. The van der Waals surface area contributed by atoms with Gasteiger partial charge in [0.2, 0.25) is 5.91 Å². The summed E-state index contributed by atoms with van der Waals surface area (Å²) in [7, 11) is 2.56. The summed E-state index contributed by atoms with van der Waals surface area (Å²) in [6.45, 7) is 5.22. The van der Waals surface area contributed by atoms with Crippen molar-refractivity contribution in [2.24, 2.45) is 5.73 Å². The lowest BCUT2D eigenvalue weighted by Gasteiger charge is -2.08. The number of nitrogens with two attached hydrogens (primary N) is 2. The van der Waals surface area contributed by atoms with E-state index in [4.69, 9.17) is 21.3 Å². The molecule has 8 N–H and O–H groups in total. The summed E-state index contributed by atoms with van der Waals surface area (Å²) in [6.07, 6.45) is 8.61. The Morgan fingerprint density at radius 1 is 1.20 bits per heavy atom. The Morgan fingerprint density at radius 2 is 1.83 bits per heavy atom. The first-order chi connectivity index (χ1) is 14.5. The van der Waals surface area contributed by atoms with Crippen LogP contribution in [0.3, 0.4) is 0 Å². The zero-order valence-corrected chi connectivity index (χ0v) is 17.7. The molecule has 0 saturated carbocycles. The number of hydrogen-bond acceptors (Lipinski definition) is 6. The summed E-state index contributed by atoms with van der Waals surface area (Å²) in [5, 5.41) is 19.0. The average molecular weight is 419 g/mol. The van der Waals surface area contributed by atoms with E-state index in [1.165, 1.54) is 25.3 Å². The summed E-state index contributed by atoms with van der Waals surface area (Å²) < 4.78 is 5.07. The SMILES string of the molecule is C1CCOCC1.C=CC(=O)NC.CO.N/C(=C\c1cc[nH]c1N)c1ccccc1O. The molecule has 0 atom stereocenters. The van der Waals surface area contributed by atoms with Crippen molar-refractivity contribution in [1.82, 2.24) is 10.3 Å². The second-order valence-corrected chi connectivity index (χ2v) is 5.95. The van der Waals surface area contributed by atoms with Crippen LogP contribution in [0.15, 0.2) is 49.2 Å². The molecule has 3 rings (SSSR count). The molecule has 8 heteroatoms. The molecule has 1 aromatic heterocycles. The number of anilines is 1. The van der Waals surface area contributed by atoms with Crippen molar-refractivity contribution in [3.8, 4) is 5.75 Å². The van der Waals surface area contributed by atoms with E-state index in [0.717, 1.165) is 25.9 Å². The van der Waals surface area contributed by atoms with Crippen LogP contribution in [0.2, 0.25) is 0 Å². The number of H-pyrrole nitrogens is 1. The standard InChI is InChI=1S/C12H13N3O.C5H10O.C4H7NO.CH4O/c13-10(7-8-5-6-15-12(8)14)9-3-1-2-4-11(9)16;1-2-4-6-5-3-1;1-3-4(6)5-2;1-2/h1-7,15-16H,13-14H2;1-5H2;3H,1H2,2H3,(H,5,6);2H,1H3/b10-7-;;;. The molecule has 2 aromatic rings. The van der Waals surface area contributed by atoms with E-state index >= 15 is 0 Å². The van der Waals surface area contributed by atoms with Crippen LogP contribution in [-0.2, 0) is 9.53 Å². The van der Waals surface area contributed by atoms with Gasteiger partial charge >= 0.3 is 0 Å². The molecular weight excluding hydrogens is 384 g/mol. The van der Waals surface area contributed by atoms with Gasteiger partial charge in [-0.25, -0.2) is 0 Å². The second kappa shape index (κ2) is 16.7. The van der Waals surface area contributed by atoms with Crippen molar-refractivity contribution in [2.45, 2.75) is 19.3 Å². The molecule has 0 unspecified atom stereocenters. The fourth-order valence-corrected chi connectivity index (χ4v) is 2.27. The first-order valence-electron chi connectivity index (χ1n) is 9.54. The third kappa shape index (κ3) is 10.9. The molecule has 0 spiro atoms. The number of aromatic hydroxyl groups is 1. The molecule has 1 aliphatic heterocycles. The molecule has 8 nitrogen and oxygen atoms in total. The monoisotopic (exact) mass is 418 g/mol. The number of aliphatic hydroxyl groups is 1. The van der Waals surface area contributed by atoms with Gasteiger partial charge in [-0.05, 0) is 49.6 Å². The highest BCUT2D eigenvalue weighted by atomic mass is 16.5. The Bertz CT molecular complexity index is 756. The summed E-state index contributed by atoms with van der Waals surface area (Å²) >= 11 is 0. The lowest BCUT2D eigenvalue weighted by atomic mass is 10.1. The van der Waals surface area contributed by atoms with E-state index in [1.54, 1.807) is 37.5 Å². The van der Waals surface area contributed by atoms with Crippen LogP contribution in [0, 0.1) is 0 Å². The Labute approximate surface area is 178 Å². The number of carbonyl (C=O) groups excluding carboxylic acids is 1. The van der Waals surface area contributed by atoms with Gasteiger partial charge in [-0.2, -0.15) is 0 Å². The van der Waals surface area contributed by atoms with Gasteiger partial charge in [0, 0.05) is 50.4 Å². The topological polar surface area (TPSA) is 147 Å². The zero-order chi connectivity index (χ0) is 22.8. The maximum Gasteiger partial charge on any atom is 0.243 e. The van der Waals surface area contributed by atoms with Crippen molar-refractivity contribution in [1.29, 1.82) is 0 Å². The Balaban J connectivity index is 0.000000495. The average Bonchev–Trinajstić information content (AvgIpc) is 3.21. The van der Waals surface area contributed by atoms with Crippen LogP contribution in [0.25, 0.3) is 11.8 Å². The number of aliphatic hydroxyl groups excluding tert-OH is 1. The number of ether oxygens (including phenoxy) is 1. The summed E-state index contributed by atoms with van der Waals surface area (Å²) in [4.78, 5) is 12.8. The summed E-state index contributed by atoms with van der Waals surface area (Å²) in [6, 6.07) is 8.73. The van der Waals surface area contributed by atoms with Gasteiger partial charge in [-0.15, -0.1) is 0 Å². The highest BCUT2D eigenvalue weighted by molar-refractivity contribution is 5.86. The molecular formula is C22H34N4O4. The highest BCUT2D eigenvalue weighted by Gasteiger charge is 2.04. The van der Waals surface area contributed by atoms with E-state index in [0.29, 0.717) is 17.1 Å². The number of amides is 1. The number of carbonyl (C=O) groups is 1. The zero-order valence-electron chi connectivity index (χ0n) is 17.7. The molecule has 0 bridgehead atoms. The van der Waals surface area contributed by atoms with Crippen molar-refractivity contribution in [2.75, 3.05) is 33.1 Å². The molecule has 2 heterocycles. The lowest BCUT2D eigenvalue weighted by Crippen LogP contribution is -2.13. The Kier molecular flexibility index (Phi) is 14.9. The van der Waals surface area contributed by atoms with Crippen molar-refractivity contribution in [3.63, 3.8) is 0 Å². The minimum absolute atomic E-state index is 0.144. The van der Waals surface area contributed by atoms with E-state index in [-0.39, 0.29) is 11.7 Å². The molecule has 1 aliphatic rings. The van der Waals surface area contributed by atoms with Gasteiger partial charge in [0.15, 0.2) is 0 Å². The van der Waals surface area contributed by atoms with E-state index < -0.39 is 0 Å². The third-order valence-corrected chi connectivity index (χ3v) is 3.85. The van der Waals surface area contributed by atoms with Gasteiger partial charge in [-0.1, -0.05) is 18.7 Å². The van der Waals surface area contributed by atoms with Crippen molar-refractivity contribution in [3.05, 3.63) is 60.3 Å². The fraction of sp³-hybridized carbons (Fsp3) is 0.318. The first-order valence-corrected chi connectivity index (χ1v) is 9.54. The summed E-state index contributed by atoms with van der Waals surface area (Å²) in [5.41, 5.74) is 13.5. The van der Waals surface area contributed by atoms with Gasteiger partial charge < -0.3 is 36.7 Å². The van der Waals surface area contributed by atoms with Crippen LogP contribution in [-0.4, -0.2) is 48.5 Å². The number of nitrogen functional groups attached to an aromatic ring is 1. The largest absolute Gasteiger partial charge is 0.507 e. The molecule has 1 fully saturated rings. The number of aromatic nitrogens is 1. The van der Waals surface area contributed by atoms with Crippen LogP contribution in [0.5, 0.6) is 5.75 Å². The van der Waals surface area contributed by atoms with Gasteiger partial charge in [-0.3, -0.25) is 4.79 Å². The second-order valence-electron chi connectivity index (χ2n) is 5.95. The van der Waals surface area contributed by atoms with Crippen LogP contribution < -0.4 is 16.8 Å². The smallest absolute Gasteiger partial charge is 0.243 e. The predicted molar refractivity (Wildman–Crippen MR) is 122 cm³/mol. The van der Waals surface area contributed by atoms with Crippen LogP contribution >= 0.6 is 0 Å². The number of nitrogens with one attached hydrogen (secondary N) is 2. The summed E-state index contributed by atoms with van der Waals surface area (Å²) in [5.74, 6) is 0.568. The predicted octanol–water partition coefficient (Wildman–Crippen LogP) is 2.47. The fourth-order valence-electron chi connectivity index (χ4n) is 2.27. The lowest BCUT2D eigenvalue weighted by molar-refractivity contribution is -0.116. The normalized spacial score (nSPS) is 12.6. The quantitative estimate of drug-likeness (QED) is 0.422. The Hall–Kier alpha value is -3.23. The van der Waals surface area contributed by atoms with Crippen molar-refractivity contribution < 1.29 is 19.7 Å². The number of rotatable bonds is 3. The number of phenolic OH excluding ortho intramolecular Hbond substituents is 1. The highest BCUT2D eigenvalue weighted by Crippen LogP contribution is 2.24. The number of aromatic amines is 1. The van der Waals surface area contributed by atoms with Gasteiger partial charge in [0.1, 0.15) is 11.6 Å². The van der Waals surface area contributed by atoms with Crippen LogP contribution in [0.4, 0.5) is 5.82 Å². The third-order valence-electron chi connectivity index (χ3n) is 3.85. The van der Waals surface area contributed by atoms with E-state index in [2.05, 4.69) is 16.9 Å². The molecule has 1 aromatic carbocycles. The minimum atomic E-state index is -0.144. The Morgan fingerprint density at radius 3 is 2.20 bits per heavy atom. The van der Waals surface area contributed by atoms with E-state index in [9.17, 15) is 9.90 Å². The molecule has 1 saturated heterocycles. The molecule has 1 amide bonds. The number of hydrogen-bond donors (Lipinski definition) is 6. The van der Waals surface area contributed by atoms with Gasteiger partial charge in [0.25, 0.3) is 0 Å². The number of benzene rings is 1. The van der Waals surface area contributed by atoms with Gasteiger partial charge in [0.05, 0.1) is 0 Å². The molecule has 0 radical (unpaired) electrons. The maximum absolute atomic E-state index is 9.95.